The Morgan fingerprint density at radius 2 is 2.00 bits per heavy atom. The lowest BCUT2D eigenvalue weighted by atomic mass is 10.1. The molecule has 2 aromatic rings. The Balaban J connectivity index is 1.94. The predicted molar refractivity (Wildman–Crippen MR) is 82.4 cm³/mol. The number of hydrogen-bond donors (Lipinski definition) is 2. The van der Waals surface area contributed by atoms with Crippen molar-refractivity contribution in [2.24, 2.45) is 0 Å². The van der Waals surface area contributed by atoms with E-state index in [-0.39, 0.29) is 18.4 Å². The minimum atomic E-state index is 0.0481. The van der Waals surface area contributed by atoms with E-state index in [1.54, 1.807) is 12.1 Å². The van der Waals surface area contributed by atoms with Crippen LogP contribution < -0.4 is 10.1 Å². The molecule has 0 heterocycles. The van der Waals surface area contributed by atoms with E-state index in [1.807, 2.05) is 42.5 Å². The second-order valence-electron chi connectivity index (χ2n) is 4.89. The number of nitriles is 1. The summed E-state index contributed by atoms with van der Waals surface area (Å²) in [7, 11) is 0. The van der Waals surface area contributed by atoms with Gasteiger partial charge in [-0.05, 0) is 43.2 Å². The quantitative estimate of drug-likeness (QED) is 0.853. The van der Waals surface area contributed by atoms with Gasteiger partial charge in [-0.2, -0.15) is 5.26 Å². The fourth-order valence-corrected chi connectivity index (χ4v) is 2.11. The van der Waals surface area contributed by atoms with E-state index in [4.69, 9.17) is 10.00 Å². The van der Waals surface area contributed by atoms with Crippen LogP contribution in [-0.2, 0) is 6.42 Å². The lowest BCUT2D eigenvalue weighted by molar-refractivity contribution is 0.368. The maximum absolute atomic E-state index is 9.27. The molecular formula is C17H18N2O2. The summed E-state index contributed by atoms with van der Waals surface area (Å²) in [6, 6.07) is 17.0. The van der Waals surface area contributed by atoms with Crippen molar-refractivity contribution < 1.29 is 9.84 Å². The first-order valence-electron chi connectivity index (χ1n) is 6.81. The van der Waals surface area contributed by atoms with Crippen LogP contribution in [0.15, 0.2) is 48.5 Å². The first-order valence-corrected chi connectivity index (χ1v) is 6.81. The molecule has 1 atom stereocenters. The zero-order valence-electron chi connectivity index (χ0n) is 11.9. The number of rotatable bonds is 6. The number of nitrogens with zero attached hydrogens (tertiary/aromatic N) is 1. The molecule has 4 heteroatoms. The standard InChI is InChI=1S/C17H18N2O2/c1-13(11-14-5-7-16(20)8-6-14)19-15-3-2-4-17(12-15)21-10-9-18/h2-8,12-13,19-20H,10-11H2,1H3. The van der Waals surface area contributed by atoms with Crippen molar-refractivity contribution in [1.82, 2.24) is 0 Å². The Kier molecular flexibility index (Phi) is 5.05. The molecule has 0 radical (unpaired) electrons. The van der Waals surface area contributed by atoms with E-state index < -0.39 is 0 Å². The average molecular weight is 282 g/mol. The Labute approximate surface area is 124 Å². The van der Waals surface area contributed by atoms with Gasteiger partial charge in [-0.3, -0.25) is 0 Å². The van der Waals surface area contributed by atoms with Crippen molar-refractivity contribution in [3.8, 4) is 17.6 Å². The third-order valence-electron chi connectivity index (χ3n) is 3.03. The lowest BCUT2D eigenvalue weighted by Crippen LogP contribution is -2.18. The molecule has 0 aromatic heterocycles. The van der Waals surface area contributed by atoms with Gasteiger partial charge in [0.15, 0.2) is 6.61 Å². The average Bonchev–Trinajstić information content (AvgIpc) is 2.48. The number of aromatic hydroxyl groups is 1. The van der Waals surface area contributed by atoms with Gasteiger partial charge >= 0.3 is 0 Å². The molecule has 0 fully saturated rings. The minimum absolute atomic E-state index is 0.0481. The molecule has 2 aromatic carbocycles. The second-order valence-corrected chi connectivity index (χ2v) is 4.89. The fraction of sp³-hybridized carbons (Fsp3) is 0.235. The fourth-order valence-electron chi connectivity index (χ4n) is 2.11. The topological polar surface area (TPSA) is 65.3 Å². The van der Waals surface area contributed by atoms with Gasteiger partial charge in [0.25, 0.3) is 0 Å². The summed E-state index contributed by atoms with van der Waals surface area (Å²) in [5.74, 6) is 0.958. The highest BCUT2D eigenvalue weighted by atomic mass is 16.5. The van der Waals surface area contributed by atoms with E-state index in [1.165, 1.54) is 0 Å². The van der Waals surface area contributed by atoms with E-state index in [0.717, 1.165) is 17.7 Å². The van der Waals surface area contributed by atoms with Gasteiger partial charge in [0, 0.05) is 17.8 Å². The van der Waals surface area contributed by atoms with Crippen LogP contribution in [0.3, 0.4) is 0 Å². The Morgan fingerprint density at radius 3 is 2.71 bits per heavy atom. The van der Waals surface area contributed by atoms with Gasteiger partial charge in [-0.25, -0.2) is 0 Å². The highest BCUT2D eigenvalue weighted by Gasteiger charge is 2.05. The number of ether oxygens (including phenoxy) is 1. The van der Waals surface area contributed by atoms with Crippen LogP contribution in [0.25, 0.3) is 0 Å². The number of hydrogen-bond acceptors (Lipinski definition) is 4. The summed E-state index contributed by atoms with van der Waals surface area (Å²) in [5.41, 5.74) is 2.11. The monoisotopic (exact) mass is 282 g/mol. The Bertz CT molecular complexity index is 617. The summed E-state index contributed by atoms with van der Waals surface area (Å²) < 4.78 is 5.28. The first kappa shape index (κ1) is 14.7. The molecule has 0 saturated carbocycles. The first-order chi connectivity index (χ1) is 10.2. The van der Waals surface area contributed by atoms with E-state index in [0.29, 0.717) is 5.75 Å². The molecule has 0 spiro atoms. The van der Waals surface area contributed by atoms with Crippen molar-refractivity contribution in [3.05, 3.63) is 54.1 Å². The normalized spacial score (nSPS) is 11.4. The molecule has 21 heavy (non-hydrogen) atoms. The minimum Gasteiger partial charge on any atom is -0.508 e. The Hall–Kier alpha value is -2.67. The molecule has 1 unspecified atom stereocenters. The van der Waals surface area contributed by atoms with Crippen molar-refractivity contribution in [2.75, 3.05) is 11.9 Å². The van der Waals surface area contributed by atoms with Crippen LogP contribution in [0, 0.1) is 11.3 Å². The predicted octanol–water partition coefficient (Wildman–Crippen LogP) is 3.34. The third kappa shape index (κ3) is 4.73. The van der Waals surface area contributed by atoms with Gasteiger partial charge in [0.05, 0.1) is 0 Å². The van der Waals surface area contributed by atoms with Gasteiger partial charge < -0.3 is 15.2 Å². The zero-order valence-corrected chi connectivity index (χ0v) is 11.9. The number of benzene rings is 2. The molecule has 0 aliphatic rings. The van der Waals surface area contributed by atoms with Gasteiger partial charge in [-0.15, -0.1) is 0 Å². The Morgan fingerprint density at radius 1 is 1.24 bits per heavy atom. The van der Waals surface area contributed by atoms with Gasteiger partial charge in [0.2, 0.25) is 0 Å². The molecule has 2 rings (SSSR count). The maximum Gasteiger partial charge on any atom is 0.174 e. The van der Waals surface area contributed by atoms with Crippen LogP contribution in [0.5, 0.6) is 11.5 Å². The van der Waals surface area contributed by atoms with Gasteiger partial charge in [-0.1, -0.05) is 18.2 Å². The molecule has 0 saturated heterocycles. The molecule has 2 N–H and O–H groups in total. The highest BCUT2D eigenvalue weighted by molar-refractivity contribution is 5.49. The van der Waals surface area contributed by atoms with Crippen molar-refractivity contribution in [1.29, 1.82) is 5.26 Å². The zero-order chi connectivity index (χ0) is 15.1. The number of anilines is 1. The van der Waals surface area contributed by atoms with Crippen molar-refractivity contribution in [3.63, 3.8) is 0 Å². The van der Waals surface area contributed by atoms with Crippen molar-refractivity contribution in [2.45, 2.75) is 19.4 Å². The van der Waals surface area contributed by atoms with Crippen LogP contribution in [-0.4, -0.2) is 17.8 Å². The number of nitrogens with one attached hydrogen (secondary N) is 1. The molecule has 0 bridgehead atoms. The van der Waals surface area contributed by atoms with Crippen LogP contribution in [0.4, 0.5) is 5.69 Å². The molecule has 0 aliphatic carbocycles. The molecule has 4 nitrogen and oxygen atoms in total. The van der Waals surface area contributed by atoms with Crippen LogP contribution >= 0.6 is 0 Å². The molecular weight excluding hydrogens is 264 g/mol. The van der Waals surface area contributed by atoms with Gasteiger partial charge in [0.1, 0.15) is 17.6 Å². The third-order valence-corrected chi connectivity index (χ3v) is 3.03. The van der Waals surface area contributed by atoms with E-state index >= 15 is 0 Å². The number of phenols is 1. The smallest absolute Gasteiger partial charge is 0.174 e. The largest absolute Gasteiger partial charge is 0.508 e. The van der Waals surface area contributed by atoms with Crippen LogP contribution in [0.1, 0.15) is 12.5 Å². The molecule has 0 amide bonds. The lowest BCUT2D eigenvalue weighted by Gasteiger charge is -2.16. The molecule has 108 valence electrons. The summed E-state index contributed by atoms with van der Waals surface area (Å²) in [4.78, 5) is 0. The van der Waals surface area contributed by atoms with Crippen LogP contribution in [0.2, 0.25) is 0 Å². The van der Waals surface area contributed by atoms with Crippen molar-refractivity contribution >= 4 is 5.69 Å². The summed E-state index contributed by atoms with van der Waals surface area (Å²) in [5, 5.41) is 21.2. The molecule has 0 aliphatic heterocycles. The van der Waals surface area contributed by atoms with E-state index in [9.17, 15) is 5.11 Å². The summed E-state index contributed by atoms with van der Waals surface area (Å²) in [6.45, 7) is 2.14. The second kappa shape index (κ2) is 7.20. The SMILES string of the molecule is CC(Cc1ccc(O)cc1)Nc1cccc(OCC#N)c1. The highest BCUT2D eigenvalue weighted by Crippen LogP contribution is 2.19. The van der Waals surface area contributed by atoms with E-state index in [2.05, 4.69) is 12.2 Å². The maximum atomic E-state index is 9.27. The number of phenolic OH excluding ortho intramolecular Hbond substituents is 1. The summed E-state index contributed by atoms with van der Waals surface area (Å²) >= 11 is 0. The summed E-state index contributed by atoms with van der Waals surface area (Å²) in [6.07, 6.45) is 0.851.